The Morgan fingerprint density at radius 3 is 2.56 bits per heavy atom. The van der Waals surface area contributed by atoms with Crippen molar-refractivity contribution in [3.8, 4) is 0 Å². The Labute approximate surface area is 60.7 Å². The molecule has 0 radical (unpaired) electrons. The molecule has 0 unspecified atom stereocenters. The molecule has 0 bridgehead atoms. The van der Waals surface area contributed by atoms with E-state index in [1.165, 1.54) is 22.2 Å². The fraction of sp³-hybridized carbons (Fsp3) is 0. The van der Waals surface area contributed by atoms with E-state index >= 15 is 0 Å². The molecule has 0 spiro atoms. The molecule has 0 aromatic carbocycles. The van der Waals surface area contributed by atoms with Crippen LogP contribution in [0.1, 0.15) is 0 Å². The fourth-order valence-corrected chi connectivity index (χ4v) is 2.05. The summed E-state index contributed by atoms with van der Waals surface area (Å²) in [6.07, 6.45) is 0. The van der Waals surface area contributed by atoms with Gasteiger partial charge < -0.3 is 0 Å². The second kappa shape index (κ2) is 2.24. The Bertz CT molecular complexity index is 277. The highest BCUT2D eigenvalue weighted by Crippen LogP contribution is 2.13. The van der Waals surface area contributed by atoms with Gasteiger partial charge in [-0.2, -0.15) is 0 Å². The van der Waals surface area contributed by atoms with Gasteiger partial charge in [0.15, 0.2) is 5.03 Å². The summed E-state index contributed by atoms with van der Waals surface area (Å²) in [7, 11) is 1.33. The Morgan fingerprint density at radius 1 is 1.67 bits per heavy atom. The van der Waals surface area contributed by atoms with E-state index in [9.17, 15) is 8.42 Å². The van der Waals surface area contributed by atoms with Crippen LogP contribution >= 0.6 is 22.0 Å². The molecule has 0 aliphatic rings. The molecule has 1 aromatic rings. The first kappa shape index (κ1) is 6.98. The summed E-state index contributed by atoms with van der Waals surface area (Å²) in [5.41, 5.74) is 1.41. The third-order valence-electron chi connectivity index (χ3n) is 0.659. The molecule has 0 aliphatic heterocycles. The second-order valence-electron chi connectivity index (χ2n) is 1.26. The van der Waals surface area contributed by atoms with Gasteiger partial charge >= 0.3 is 0 Å². The first-order valence-corrected chi connectivity index (χ1v) is 5.19. The fourth-order valence-electron chi connectivity index (χ4n) is 0.322. The highest BCUT2D eigenvalue weighted by molar-refractivity contribution is 8.13. The Hall–Kier alpha value is -0.130. The van der Waals surface area contributed by atoms with Crippen LogP contribution in [0.5, 0.6) is 0 Å². The Morgan fingerprint density at radius 2 is 2.33 bits per heavy atom. The lowest BCUT2D eigenvalue weighted by Crippen LogP contribution is -1.88. The zero-order chi connectivity index (χ0) is 6.91. The number of rotatable bonds is 1. The van der Waals surface area contributed by atoms with Crippen molar-refractivity contribution in [1.82, 2.24) is 4.98 Å². The van der Waals surface area contributed by atoms with Crippen LogP contribution < -0.4 is 0 Å². The van der Waals surface area contributed by atoms with E-state index in [1.807, 2.05) is 0 Å². The molecule has 0 N–H and O–H groups in total. The second-order valence-corrected chi connectivity index (χ2v) is 4.50. The van der Waals surface area contributed by atoms with Crippen LogP contribution in [0.25, 0.3) is 0 Å². The zero-order valence-corrected chi connectivity index (χ0v) is 6.50. The van der Waals surface area contributed by atoms with Gasteiger partial charge in [0.1, 0.15) is 0 Å². The van der Waals surface area contributed by atoms with Crippen molar-refractivity contribution in [2.75, 3.05) is 0 Å². The summed E-state index contributed by atoms with van der Waals surface area (Å²) < 4.78 is 20.8. The molecule has 0 amide bonds. The number of hydrogen-bond acceptors (Lipinski definition) is 4. The minimum Gasteiger partial charge on any atom is -0.232 e. The first-order chi connectivity index (χ1) is 4.11. The Balaban J connectivity index is 3.20. The summed E-state index contributed by atoms with van der Waals surface area (Å²) in [4.78, 5) is 3.49. The summed E-state index contributed by atoms with van der Waals surface area (Å²) in [6, 6.07) is 0. The first-order valence-electron chi connectivity index (χ1n) is 1.93. The van der Waals surface area contributed by atoms with Crippen LogP contribution in [0, 0.1) is 0 Å². The molecule has 0 saturated heterocycles. The highest BCUT2D eigenvalue weighted by atomic mass is 35.7. The third-order valence-corrected chi connectivity index (χ3v) is 2.59. The van der Waals surface area contributed by atoms with Crippen LogP contribution in [0.3, 0.4) is 0 Å². The van der Waals surface area contributed by atoms with E-state index in [2.05, 4.69) is 4.98 Å². The van der Waals surface area contributed by atoms with Crippen molar-refractivity contribution < 1.29 is 8.42 Å². The maximum Gasteiger partial charge on any atom is 0.279 e. The van der Waals surface area contributed by atoms with Crippen molar-refractivity contribution in [2.24, 2.45) is 0 Å². The van der Waals surface area contributed by atoms with E-state index < -0.39 is 9.05 Å². The van der Waals surface area contributed by atoms with Crippen LogP contribution in [0.15, 0.2) is 15.9 Å². The number of halogens is 1. The molecule has 0 fully saturated rings. The number of hydrogen-bond donors (Lipinski definition) is 0. The molecule has 3 nitrogen and oxygen atoms in total. The summed E-state index contributed by atoms with van der Waals surface area (Å²) in [5.74, 6) is 0. The molecule has 9 heavy (non-hydrogen) atoms. The molecule has 1 rings (SSSR count). The van der Waals surface area contributed by atoms with Gasteiger partial charge in [-0.05, 0) is 0 Å². The van der Waals surface area contributed by atoms with Crippen LogP contribution in [0.2, 0.25) is 0 Å². The van der Waals surface area contributed by atoms with E-state index in [0.717, 1.165) is 0 Å². The van der Waals surface area contributed by atoms with Gasteiger partial charge in [0.05, 0.1) is 5.51 Å². The van der Waals surface area contributed by atoms with Gasteiger partial charge in [0.2, 0.25) is 0 Å². The van der Waals surface area contributed by atoms with Crippen LogP contribution in [-0.4, -0.2) is 13.4 Å². The lowest BCUT2D eigenvalue weighted by atomic mass is 11.0. The average molecular weight is 184 g/mol. The predicted octanol–water partition coefficient (Wildman–Crippen LogP) is 1.07. The van der Waals surface area contributed by atoms with Gasteiger partial charge in [0, 0.05) is 16.1 Å². The summed E-state index contributed by atoms with van der Waals surface area (Å²) in [6.45, 7) is 0. The SMILES string of the molecule is O=S(=O)(Cl)c1cscn1. The summed E-state index contributed by atoms with van der Waals surface area (Å²) >= 11 is 1.19. The van der Waals surface area contributed by atoms with Crippen LogP contribution in [-0.2, 0) is 9.05 Å². The summed E-state index contributed by atoms with van der Waals surface area (Å²) in [5, 5.41) is 1.30. The molecular weight excluding hydrogens is 182 g/mol. The largest absolute Gasteiger partial charge is 0.279 e. The minimum absolute atomic E-state index is 0.0748. The zero-order valence-electron chi connectivity index (χ0n) is 4.11. The number of thiazole rings is 1. The molecule has 0 saturated carbocycles. The van der Waals surface area contributed by atoms with Crippen LogP contribution in [0.4, 0.5) is 0 Å². The topological polar surface area (TPSA) is 47.0 Å². The van der Waals surface area contributed by atoms with E-state index in [1.54, 1.807) is 0 Å². The molecule has 0 aliphatic carbocycles. The smallest absolute Gasteiger partial charge is 0.232 e. The molecule has 1 heterocycles. The Kier molecular flexibility index (Phi) is 1.74. The monoisotopic (exact) mass is 183 g/mol. The normalized spacial score (nSPS) is 11.7. The van der Waals surface area contributed by atoms with Gasteiger partial charge in [-0.1, -0.05) is 0 Å². The van der Waals surface area contributed by atoms with Gasteiger partial charge in [-0.3, -0.25) is 0 Å². The molecule has 6 heteroatoms. The van der Waals surface area contributed by atoms with Crippen molar-refractivity contribution in [3.05, 3.63) is 10.9 Å². The van der Waals surface area contributed by atoms with Gasteiger partial charge in [-0.25, -0.2) is 13.4 Å². The van der Waals surface area contributed by atoms with Crippen molar-refractivity contribution in [1.29, 1.82) is 0 Å². The minimum atomic E-state index is -3.59. The molecule has 50 valence electrons. The van der Waals surface area contributed by atoms with E-state index in [4.69, 9.17) is 10.7 Å². The van der Waals surface area contributed by atoms with Gasteiger partial charge in [-0.15, -0.1) is 11.3 Å². The quantitative estimate of drug-likeness (QED) is 0.612. The van der Waals surface area contributed by atoms with Gasteiger partial charge in [0.25, 0.3) is 9.05 Å². The standard InChI is InChI=1S/C3H2ClNO2S2/c4-9(6,7)3-1-8-2-5-3/h1-2H. The molecule has 0 atom stereocenters. The van der Waals surface area contributed by atoms with Crippen molar-refractivity contribution in [3.63, 3.8) is 0 Å². The molecular formula is C3H2ClNO2S2. The number of aromatic nitrogens is 1. The lowest BCUT2D eigenvalue weighted by Gasteiger charge is -1.81. The highest BCUT2D eigenvalue weighted by Gasteiger charge is 2.10. The predicted molar refractivity (Wildman–Crippen MR) is 35.2 cm³/mol. The van der Waals surface area contributed by atoms with Crippen molar-refractivity contribution in [2.45, 2.75) is 5.03 Å². The number of nitrogens with zero attached hydrogens (tertiary/aromatic N) is 1. The van der Waals surface area contributed by atoms with E-state index in [0.29, 0.717) is 0 Å². The maximum atomic E-state index is 10.4. The average Bonchev–Trinajstić information content (AvgIpc) is 2.08. The van der Waals surface area contributed by atoms with Crippen molar-refractivity contribution >= 4 is 31.1 Å². The van der Waals surface area contributed by atoms with E-state index in [-0.39, 0.29) is 5.03 Å². The molecule has 1 aromatic heterocycles. The third kappa shape index (κ3) is 1.64. The maximum absolute atomic E-state index is 10.4. The lowest BCUT2D eigenvalue weighted by molar-refractivity contribution is 0.607.